The largest absolute Gasteiger partial charge is 0.423 e. The summed E-state index contributed by atoms with van der Waals surface area (Å²) in [5.74, 6) is -1.10. The van der Waals surface area contributed by atoms with Crippen LogP contribution in [0.15, 0.2) is 34.3 Å². The number of nitrogen functional groups attached to an aromatic ring is 1. The van der Waals surface area contributed by atoms with Crippen molar-refractivity contribution in [1.82, 2.24) is 10.1 Å². The van der Waals surface area contributed by atoms with Crippen molar-refractivity contribution in [3.8, 4) is 16.5 Å². The lowest BCUT2D eigenvalue weighted by Crippen LogP contribution is -2.19. The minimum absolute atomic E-state index is 0.0375. The molecule has 3 aromatic rings. The second-order valence-electron chi connectivity index (χ2n) is 5.85. The molecule has 26 heavy (non-hydrogen) atoms. The number of aryl methyl sites for hydroxylation is 1. The van der Waals surface area contributed by atoms with Gasteiger partial charge in [0, 0.05) is 11.6 Å². The maximum Gasteiger partial charge on any atom is 0.351 e. The molecule has 0 radical (unpaired) electrons. The van der Waals surface area contributed by atoms with Crippen LogP contribution in [0, 0.1) is 0 Å². The Labute approximate surface area is 151 Å². The lowest BCUT2D eigenvalue weighted by atomic mass is 10.0. The molecule has 1 aliphatic rings. The van der Waals surface area contributed by atoms with E-state index in [1.54, 1.807) is 29.8 Å². The van der Waals surface area contributed by atoms with Crippen molar-refractivity contribution in [2.45, 2.75) is 18.8 Å². The molecule has 8 nitrogen and oxygen atoms in total. The van der Waals surface area contributed by atoms with Crippen LogP contribution in [0.25, 0.3) is 10.7 Å². The zero-order chi connectivity index (χ0) is 18.3. The van der Waals surface area contributed by atoms with Crippen LogP contribution in [0.1, 0.15) is 33.8 Å². The number of carbonyl (C=O) groups is 2. The molecular formula is C17H14N4O4S. The van der Waals surface area contributed by atoms with Crippen molar-refractivity contribution < 1.29 is 18.8 Å². The van der Waals surface area contributed by atoms with Crippen molar-refractivity contribution in [2.24, 2.45) is 5.73 Å². The number of hydrogen-bond donors (Lipinski definition) is 2. The van der Waals surface area contributed by atoms with E-state index >= 15 is 0 Å². The van der Waals surface area contributed by atoms with Gasteiger partial charge in [-0.05, 0) is 36.1 Å². The van der Waals surface area contributed by atoms with Crippen molar-refractivity contribution in [1.29, 1.82) is 0 Å². The summed E-state index contributed by atoms with van der Waals surface area (Å²) in [6, 6.07) is 5.13. The first-order valence-corrected chi connectivity index (χ1v) is 8.72. The van der Waals surface area contributed by atoms with E-state index in [0.29, 0.717) is 23.6 Å². The zero-order valence-corrected chi connectivity index (χ0v) is 14.3. The van der Waals surface area contributed by atoms with Gasteiger partial charge in [0.15, 0.2) is 11.3 Å². The first-order valence-electron chi connectivity index (χ1n) is 7.84. The van der Waals surface area contributed by atoms with Gasteiger partial charge in [0.25, 0.3) is 0 Å². The van der Waals surface area contributed by atoms with Crippen molar-refractivity contribution in [3.63, 3.8) is 0 Å². The van der Waals surface area contributed by atoms with Gasteiger partial charge >= 0.3 is 5.97 Å². The van der Waals surface area contributed by atoms with Crippen LogP contribution < -0.4 is 16.2 Å². The Hall–Kier alpha value is -3.20. The Bertz CT molecular complexity index is 996. The number of esters is 1. The molecule has 0 bridgehead atoms. The topological polar surface area (TPSA) is 134 Å². The average molecular weight is 370 g/mol. The number of aromatic nitrogens is 2. The summed E-state index contributed by atoms with van der Waals surface area (Å²) < 4.78 is 10.4. The van der Waals surface area contributed by atoms with Gasteiger partial charge in [-0.25, -0.2) is 9.78 Å². The number of carbonyl (C=O) groups excluding carboxylic acids is 2. The minimum Gasteiger partial charge on any atom is -0.423 e. The fourth-order valence-corrected chi connectivity index (χ4v) is 3.72. The third-order valence-electron chi connectivity index (χ3n) is 4.30. The predicted octanol–water partition coefficient (Wildman–Crippen LogP) is 2.11. The van der Waals surface area contributed by atoms with E-state index in [4.69, 9.17) is 20.7 Å². The van der Waals surface area contributed by atoms with Crippen LogP contribution in [0.5, 0.6) is 5.75 Å². The second-order valence-corrected chi connectivity index (χ2v) is 6.75. The molecule has 4 N–H and O–H groups in total. The Kier molecular flexibility index (Phi) is 3.92. The molecule has 132 valence electrons. The summed E-state index contributed by atoms with van der Waals surface area (Å²) in [5, 5.41) is 6.07. The highest BCUT2D eigenvalue weighted by Gasteiger charge is 2.29. The smallest absolute Gasteiger partial charge is 0.351 e. The van der Waals surface area contributed by atoms with Crippen LogP contribution in [0.3, 0.4) is 0 Å². The fraction of sp³-hybridized carbons (Fsp3) is 0.176. The quantitative estimate of drug-likeness (QED) is 0.530. The lowest BCUT2D eigenvalue weighted by molar-refractivity contribution is -0.119. The average Bonchev–Trinajstić information content (AvgIpc) is 3.32. The molecule has 0 saturated carbocycles. The first-order chi connectivity index (χ1) is 12.5. The molecule has 0 saturated heterocycles. The molecule has 1 aliphatic carbocycles. The number of primary amides is 1. The molecule has 2 heterocycles. The third-order valence-corrected chi connectivity index (χ3v) is 5.08. The number of hydrogen-bond acceptors (Lipinski definition) is 8. The van der Waals surface area contributed by atoms with Gasteiger partial charge in [0.05, 0.1) is 5.92 Å². The fourth-order valence-electron chi connectivity index (χ4n) is 3.10. The summed E-state index contributed by atoms with van der Waals surface area (Å²) in [6.45, 7) is 0. The number of ether oxygens (including phenoxy) is 1. The standard InChI is InChI=1S/C17H14N4O4S/c18-14(22)11-3-1-8-7-9(2-4-10(8)11)24-17(23)12-13(21-25-15(12)19)16-20-5-6-26-16/h2,4-7,11H,1,3,19H2,(H2,18,22). The van der Waals surface area contributed by atoms with Crippen molar-refractivity contribution in [2.75, 3.05) is 5.73 Å². The summed E-state index contributed by atoms with van der Waals surface area (Å²) >= 11 is 1.31. The Morgan fingerprint density at radius 3 is 2.92 bits per heavy atom. The molecule has 0 aliphatic heterocycles. The van der Waals surface area contributed by atoms with Gasteiger partial charge in [0.2, 0.25) is 11.8 Å². The second kappa shape index (κ2) is 6.26. The highest BCUT2D eigenvalue weighted by molar-refractivity contribution is 7.13. The number of benzene rings is 1. The summed E-state index contributed by atoms with van der Waals surface area (Å²) in [4.78, 5) is 28.2. The molecule has 1 unspecified atom stereocenters. The molecule has 9 heteroatoms. The first kappa shape index (κ1) is 16.3. The van der Waals surface area contributed by atoms with Crippen molar-refractivity contribution >= 4 is 29.1 Å². The van der Waals surface area contributed by atoms with E-state index in [1.807, 2.05) is 0 Å². The number of nitrogens with zero attached hydrogens (tertiary/aromatic N) is 2. The summed E-state index contributed by atoms with van der Waals surface area (Å²) in [7, 11) is 0. The zero-order valence-electron chi connectivity index (χ0n) is 13.5. The van der Waals surface area contributed by atoms with Crippen molar-refractivity contribution in [3.05, 3.63) is 46.5 Å². The molecular weight excluding hydrogens is 356 g/mol. The predicted molar refractivity (Wildman–Crippen MR) is 93.7 cm³/mol. The van der Waals surface area contributed by atoms with E-state index in [1.165, 1.54) is 11.3 Å². The third kappa shape index (κ3) is 2.72. The molecule has 0 fully saturated rings. The van der Waals surface area contributed by atoms with E-state index in [0.717, 1.165) is 11.1 Å². The molecule has 1 atom stereocenters. The Morgan fingerprint density at radius 1 is 1.35 bits per heavy atom. The number of anilines is 1. The van der Waals surface area contributed by atoms with Crippen LogP contribution in [0.4, 0.5) is 5.88 Å². The van der Waals surface area contributed by atoms with Gasteiger partial charge in [0.1, 0.15) is 10.8 Å². The highest BCUT2D eigenvalue weighted by Crippen LogP contribution is 2.36. The van der Waals surface area contributed by atoms with Crippen LogP contribution in [0.2, 0.25) is 0 Å². The molecule has 1 aromatic carbocycles. The number of thiazole rings is 1. The van der Waals surface area contributed by atoms with E-state index < -0.39 is 5.97 Å². The summed E-state index contributed by atoms with van der Waals surface area (Å²) in [5.41, 5.74) is 13.3. The van der Waals surface area contributed by atoms with Gasteiger partial charge < -0.3 is 20.7 Å². The van der Waals surface area contributed by atoms with Gasteiger partial charge in [-0.15, -0.1) is 11.3 Å². The number of fused-ring (bicyclic) bond motifs is 1. The number of amides is 1. The molecule has 2 aromatic heterocycles. The van der Waals surface area contributed by atoms with E-state index in [-0.39, 0.29) is 29.0 Å². The van der Waals surface area contributed by atoms with Gasteiger partial charge in [-0.3, -0.25) is 4.79 Å². The van der Waals surface area contributed by atoms with Crippen LogP contribution >= 0.6 is 11.3 Å². The lowest BCUT2D eigenvalue weighted by Gasteiger charge is -2.09. The van der Waals surface area contributed by atoms with Gasteiger partial charge in [-0.2, -0.15) is 0 Å². The monoisotopic (exact) mass is 370 g/mol. The Morgan fingerprint density at radius 2 is 2.19 bits per heavy atom. The SMILES string of the molecule is NC(=O)C1CCc2cc(OC(=O)c3c(-c4nccs4)noc3N)ccc21. The maximum absolute atomic E-state index is 12.6. The number of rotatable bonds is 4. The van der Waals surface area contributed by atoms with Crippen LogP contribution in [-0.4, -0.2) is 22.0 Å². The van der Waals surface area contributed by atoms with E-state index in [9.17, 15) is 9.59 Å². The Balaban J connectivity index is 1.61. The highest BCUT2D eigenvalue weighted by atomic mass is 32.1. The van der Waals surface area contributed by atoms with Crippen LogP contribution in [-0.2, 0) is 11.2 Å². The van der Waals surface area contributed by atoms with Gasteiger partial charge in [-0.1, -0.05) is 11.2 Å². The molecule has 0 spiro atoms. The van der Waals surface area contributed by atoms with E-state index in [2.05, 4.69) is 10.1 Å². The summed E-state index contributed by atoms with van der Waals surface area (Å²) in [6.07, 6.45) is 2.96. The molecule has 4 rings (SSSR count). The normalized spacial score (nSPS) is 15.6. The molecule has 1 amide bonds. The minimum atomic E-state index is -0.682. The maximum atomic E-state index is 12.6. The number of nitrogens with two attached hydrogens (primary N) is 2.